The lowest BCUT2D eigenvalue weighted by Crippen LogP contribution is -2.51. The number of esters is 1. The Kier molecular flexibility index (Phi) is 7.89. The lowest BCUT2D eigenvalue weighted by molar-refractivity contribution is -0.142. The van der Waals surface area contributed by atoms with Crippen molar-refractivity contribution in [1.29, 1.82) is 0 Å². The van der Waals surface area contributed by atoms with Gasteiger partial charge in [-0.15, -0.1) is 0 Å². The molecule has 9 nitrogen and oxygen atoms in total. The van der Waals surface area contributed by atoms with Crippen LogP contribution in [0.2, 0.25) is 0 Å². The Balaban J connectivity index is 2.23. The van der Waals surface area contributed by atoms with E-state index in [1.807, 2.05) is 0 Å². The molecule has 2 rings (SSSR count). The summed E-state index contributed by atoms with van der Waals surface area (Å²) in [5.41, 5.74) is 0.535. The average Bonchev–Trinajstić information content (AvgIpc) is 2.77. The van der Waals surface area contributed by atoms with Gasteiger partial charge in [-0.1, -0.05) is 42.5 Å². The third-order valence-corrected chi connectivity index (χ3v) is 6.76. The van der Waals surface area contributed by atoms with Crippen LogP contribution in [0.5, 0.6) is 0 Å². The van der Waals surface area contributed by atoms with E-state index in [0.29, 0.717) is 5.56 Å². The van der Waals surface area contributed by atoms with Crippen LogP contribution in [-0.2, 0) is 30.8 Å². The summed E-state index contributed by atoms with van der Waals surface area (Å²) < 4.78 is 31.5. The fourth-order valence-electron chi connectivity index (χ4n) is 2.84. The van der Waals surface area contributed by atoms with E-state index in [1.54, 1.807) is 30.3 Å². The Bertz CT molecular complexity index is 1050. The fourth-order valence-corrected chi connectivity index (χ4v) is 4.34. The molecule has 2 N–H and O–H groups in total. The summed E-state index contributed by atoms with van der Waals surface area (Å²) in [5, 5.41) is 11.8. The minimum atomic E-state index is -4.26. The zero-order valence-electron chi connectivity index (χ0n) is 17.3. The van der Waals surface area contributed by atoms with E-state index in [1.165, 1.54) is 38.2 Å². The summed E-state index contributed by atoms with van der Waals surface area (Å²) in [4.78, 5) is 35.9. The number of carbonyl (C=O) groups excluding carboxylic acids is 2. The predicted molar refractivity (Wildman–Crippen MR) is 112 cm³/mol. The molecule has 0 saturated heterocycles. The Morgan fingerprint density at radius 3 is 2.23 bits per heavy atom. The van der Waals surface area contributed by atoms with Crippen molar-refractivity contribution in [3.05, 3.63) is 65.7 Å². The van der Waals surface area contributed by atoms with Gasteiger partial charge in [-0.05, 0) is 24.6 Å². The van der Waals surface area contributed by atoms with Crippen molar-refractivity contribution in [2.24, 2.45) is 0 Å². The number of aliphatic carboxylic acids is 1. The SMILES string of the molecule is COC(=O)c1ccccc1S(=O)(=O)N(C)C(C)C(=O)N[C@@H](Cc1ccccc1)C(=O)O. The van der Waals surface area contributed by atoms with E-state index in [9.17, 15) is 27.9 Å². The molecule has 2 aromatic carbocycles. The molecule has 0 aliphatic rings. The lowest BCUT2D eigenvalue weighted by atomic mass is 10.1. The van der Waals surface area contributed by atoms with Crippen LogP contribution in [0, 0.1) is 0 Å². The largest absolute Gasteiger partial charge is 0.480 e. The molecular formula is C21H24N2O7S. The quantitative estimate of drug-likeness (QED) is 0.553. The van der Waals surface area contributed by atoms with Gasteiger partial charge in [-0.3, -0.25) is 4.79 Å². The first kappa shape index (κ1) is 24.0. The average molecular weight is 448 g/mol. The van der Waals surface area contributed by atoms with E-state index in [4.69, 9.17) is 0 Å². The van der Waals surface area contributed by atoms with Gasteiger partial charge in [-0.2, -0.15) is 4.31 Å². The van der Waals surface area contributed by atoms with Gasteiger partial charge in [0.25, 0.3) is 0 Å². The lowest BCUT2D eigenvalue weighted by Gasteiger charge is -2.26. The van der Waals surface area contributed by atoms with E-state index < -0.39 is 40.0 Å². The van der Waals surface area contributed by atoms with E-state index in [-0.39, 0.29) is 16.9 Å². The van der Waals surface area contributed by atoms with E-state index in [2.05, 4.69) is 10.1 Å². The van der Waals surface area contributed by atoms with Crippen LogP contribution in [0.4, 0.5) is 0 Å². The maximum atomic E-state index is 13.1. The van der Waals surface area contributed by atoms with Crippen molar-refractivity contribution < 1.29 is 32.6 Å². The number of carbonyl (C=O) groups is 3. The van der Waals surface area contributed by atoms with Crippen molar-refractivity contribution in [1.82, 2.24) is 9.62 Å². The highest BCUT2D eigenvalue weighted by Gasteiger charge is 2.34. The first-order valence-corrected chi connectivity index (χ1v) is 10.8. The van der Waals surface area contributed by atoms with Crippen molar-refractivity contribution in [3.63, 3.8) is 0 Å². The summed E-state index contributed by atoms with van der Waals surface area (Å²) in [6, 6.07) is 11.7. The number of nitrogens with zero attached hydrogens (tertiary/aromatic N) is 1. The summed E-state index contributed by atoms with van der Waals surface area (Å²) in [6.45, 7) is 1.33. The smallest absolute Gasteiger partial charge is 0.339 e. The molecule has 2 atom stereocenters. The number of likely N-dealkylation sites (N-methyl/N-ethyl adjacent to an activating group) is 1. The van der Waals surface area contributed by atoms with Gasteiger partial charge in [0.05, 0.1) is 17.6 Å². The summed E-state index contributed by atoms with van der Waals surface area (Å²) in [5.74, 6) is -2.87. The summed E-state index contributed by atoms with van der Waals surface area (Å²) in [6.07, 6.45) is 0.0380. The van der Waals surface area contributed by atoms with Crippen LogP contribution >= 0.6 is 0 Å². The number of hydrogen-bond donors (Lipinski definition) is 2. The summed E-state index contributed by atoms with van der Waals surface area (Å²) in [7, 11) is -1.95. The molecule has 0 saturated carbocycles. The van der Waals surface area contributed by atoms with Crippen molar-refractivity contribution >= 4 is 27.9 Å². The molecule has 0 heterocycles. The first-order valence-electron chi connectivity index (χ1n) is 9.32. The number of benzene rings is 2. The molecule has 166 valence electrons. The van der Waals surface area contributed by atoms with Crippen molar-refractivity contribution in [2.75, 3.05) is 14.2 Å². The van der Waals surface area contributed by atoms with Gasteiger partial charge < -0.3 is 15.2 Å². The normalized spacial score (nSPS) is 13.3. The van der Waals surface area contributed by atoms with Crippen LogP contribution in [0.25, 0.3) is 0 Å². The number of carboxylic acid groups (broad SMARTS) is 1. The molecule has 31 heavy (non-hydrogen) atoms. The van der Waals surface area contributed by atoms with Crippen LogP contribution in [-0.4, -0.2) is 61.9 Å². The first-order chi connectivity index (χ1) is 14.6. The fraction of sp³-hybridized carbons (Fsp3) is 0.286. The minimum Gasteiger partial charge on any atom is -0.480 e. The van der Waals surface area contributed by atoms with E-state index >= 15 is 0 Å². The molecule has 1 amide bonds. The maximum Gasteiger partial charge on any atom is 0.339 e. The molecule has 0 aliphatic heterocycles. The maximum absolute atomic E-state index is 13.1. The van der Waals surface area contributed by atoms with E-state index in [0.717, 1.165) is 11.4 Å². The van der Waals surface area contributed by atoms with Gasteiger partial charge >= 0.3 is 11.9 Å². The van der Waals surface area contributed by atoms with Crippen LogP contribution < -0.4 is 5.32 Å². The molecule has 0 aromatic heterocycles. The van der Waals surface area contributed by atoms with Gasteiger partial charge in [0, 0.05) is 13.5 Å². The monoisotopic (exact) mass is 448 g/mol. The number of ether oxygens (including phenoxy) is 1. The Labute approximate surface area is 180 Å². The Morgan fingerprint density at radius 2 is 1.65 bits per heavy atom. The number of sulfonamides is 1. The number of hydrogen-bond acceptors (Lipinski definition) is 6. The molecule has 0 radical (unpaired) electrons. The van der Waals surface area contributed by atoms with Crippen LogP contribution in [0.15, 0.2) is 59.5 Å². The van der Waals surface area contributed by atoms with Gasteiger partial charge in [-0.25, -0.2) is 18.0 Å². The third kappa shape index (κ3) is 5.68. The molecule has 0 fully saturated rings. The highest BCUT2D eigenvalue weighted by Crippen LogP contribution is 2.22. The molecule has 2 aromatic rings. The van der Waals surface area contributed by atoms with Crippen molar-refractivity contribution in [2.45, 2.75) is 30.3 Å². The number of carboxylic acids is 1. The van der Waals surface area contributed by atoms with Crippen LogP contribution in [0.1, 0.15) is 22.8 Å². The van der Waals surface area contributed by atoms with Crippen LogP contribution in [0.3, 0.4) is 0 Å². The topological polar surface area (TPSA) is 130 Å². The number of methoxy groups -OCH3 is 1. The number of amides is 1. The van der Waals surface area contributed by atoms with Gasteiger partial charge in [0.15, 0.2) is 0 Å². The molecule has 0 bridgehead atoms. The Hall–Kier alpha value is -3.24. The molecule has 1 unspecified atom stereocenters. The second-order valence-electron chi connectivity index (χ2n) is 6.77. The minimum absolute atomic E-state index is 0.0380. The molecule has 0 spiro atoms. The van der Waals surface area contributed by atoms with Gasteiger partial charge in [0.2, 0.25) is 15.9 Å². The summed E-state index contributed by atoms with van der Waals surface area (Å²) >= 11 is 0. The zero-order chi connectivity index (χ0) is 23.2. The highest BCUT2D eigenvalue weighted by molar-refractivity contribution is 7.89. The molecular weight excluding hydrogens is 424 g/mol. The Morgan fingerprint density at radius 1 is 1.06 bits per heavy atom. The second-order valence-corrected chi connectivity index (χ2v) is 8.74. The standard InChI is InChI=1S/C21H24N2O7S/c1-14(19(24)22-17(20(25)26)13-15-9-5-4-6-10-15)23(2)31(28,29)18-12-8-7-11-16(18)21(27)30-3/h4-12,14,17H,13H2,1-3H3,(H,22,24)(H,25,26)/t14?,17-/m0/s1. The van der Waals surface area contributed by atoms with Gasteiger partial charge in [0.1, 0.15) is 12.1 Å². The predicted octanol–water partition coefficient (Wildman–Crippen LogP) is 1.29. The van der Waals surface area contributed by atoms with Crippen molar-refractivity contribution in [3.8, 4) is 0 Å². The number of rotatable bonds is 9. The zero-order valence-corrected chi connectivity index (χ0v) is 18.1. The number of nitrogens with one attached hydrogen (secondary N) is 1. The molecule has 0 aliphatic carbocycles. The molecule has 10 heteroatoms. The second kappa shape index (κ2) is 10.2. The third-order valence-electron chi connectivity index (χ3n) is 4.77. The highest BCUT2D eigenvalue weighted by atomic mass is 32.2.